The van der Waals surface area contributed by atoms with E-state index in [1.165, 1.54) is 84.0 Å². The molecule has 9 nitrogen and oxygen atoms in total. The van der Waals surface area contributed by atoms with Gasteiger partial charge >= 0.3 is 5.97 Å². The molecule has 316 valence electrons. The highest BCUT2D eigenvalue weighted by Crippen LogP contribution is 2.31. The van der Waals surface area contributed by atoms with Crippen LogP contribution in [0.3, 0.4) is 0 Å². The zero-order valence-corrected chi connectivity index (χ0v) is 34.7. The molecule has 1 saturated heterocycles. The number of aliphatic hydroxyl groups excluding tert-OH is 1. The zero-order chi connectivity index (χ0) is 40.2. The van der Waals surface area contributed by atoms with Gasteiger partial charge in [0.15, 0.2) is 12.4 Å². The first-order chi connectivity index (χ1) is 28.0. The Morgan fingerprint density at radius 1 is 0.579 bits per heavy atom. The van der Waals surface area contributed by atoms with Crippen molar-refractivity contribution >= 4 is 5.97 Å². The number of aliphatic hydroxyl groups is 1. The van der Waals surface area contributed by atoms with E-state index in [9.17, 15) is 9.90 Å². The second-order valence-corrected chi connectivity index (χ2v) is 15.3. The van der Waals surface area contributed by atoms with E-state index in [0.29, 0.717) is 13.2 Å². The van der Waals surface area contributed by atoms with Crippen molar-refractivity contribution in [3.05, 3.63) is 108 Å². The van der Waals surface area contributed by atoms with Crippen LogP contribution in [0, 0.1) is 0 Å². The first-order valence-corrected chi connectivity index (χ1v) is 21.7. The van der Waals surface area contributed by atoms with Gasteiger partial charge in [0.2, 0.25) is 0 Å². The summed E-state index contributed by atoms with van der Waals surface area (Å²) in [6.45, 7) is 5.31. The molecule has 57 heavy (non-hydrogen) atoms. The van der Waals surface area contributed by atoms with Crippen molar-refractivity contribution in [2.24, 2.45) is 0 Å². The van der Waals surface area contributed by atoms with Crippen molar-refractivity contribution in [1.29, 1.82) is 0 Å². The minimum absolute atomic E-state index is 0.0836. The van der Waals surface area contributed by atoms with Crippen molar-refractivity contribution in [3.63, 3.8) is 0 Å². The Labute approximate surface area is 342 Å². The van der Waals surface area contributed by atoms with Crippen molar-refractivity contribution in [1.82, 2.24) is 0 Å². The highest BCUT2D eigenvalue weighted by atomic mass is 16.7. The van der Waals surface area contributed by atoms with E-state index in [4.69, 9.17) is 33.2 Å². The first-order valence-electron chi connectivity index (χ1n) is 21.7. The van der Waals surface area contributed by atoms with Crippen molar-refractivity contribution < 1.29 is 43.1 Å². The highest BCUT2D eigenvalue weighted by molar-refractivity contribution is 5.66. The monoisotopic (exact) mass is 791 g/mol. The molecule has 1 aliphatic heterocycles. The fourth-order valence-electron chi connectivity index (χ4n) is 7.13. The van der Waals surface area contributed by atoms with Crippen molar-refractivity contribution in [2.45, 2.75) is 160 Å². The van der Waals surface area contributed by atoms with Crippen LogP contribution in [0.1, 0.15) is 120 Å². The molecule has 1 unspecified atom stereocenters. The van der Waals surface area contributed by atoms with E-state index in [1.54, 1.807) is 0 Å². The summed E-state index contributed by atoms with van der Waals surface area (Å²) in [4.78, 5) is 12.6. The van der Waals surface area contributed by atoms with Crippen LogP contribution < -0.4 is 0 Å². The van der Waals surface area contributed by atoms with Gasteiger partial charge in [-0.3, -0.25) is 4.79 Å². The third kappa shape index (κ3) is 19.4. The Bertz CT molecular complexity index is 1410. The molecule has 0 radical (unpaired) electrons. The van der Waals surface area contributed by atoms with Gasteiger partial charge in [0, 0.05) is 13.5 Å². The summed E-state index contributed by atoms with van der Waals surface area (Å²) in [6, 6.07) is 29.6. The maximum atomic E-state index is 12.6. The highest BCUT2D eigenvalue weighted by Gasteiger charge is 2.50. The number of rotatable bonds is 31. The predicted molar refractivity (Wildman–Crippen MR) is 223 cm³/mol. The molecule has 9 heteroatoms. The van der Waals surface area contributed by atoms with Gasteiger partial charge in [-0.15, -0.1) is 0 Å². The largest absolute Gasteiger partial charge is 0.454 e. The number of benzene rings is 3. The molecule has 1 fully saturated rings. The lowest BCUT2D eigenvalue weighted by atomic mass is 9.97. The van der Waals surface area contributed by atoms with Gasteiger partial charge in [-0.1, -0.05) is 181 Å². The molecule has 3 aromatic carbocycles. The molecule has 1 N–H and O–H groups in total. The summed E-state index contributed by atoms with van der Waals surface area (Å²) in [7, 11) is 0. The normalized spacial score (nSPS) is 20.0. The lowest BCUT2D eigenvalue weighted by Gasteiger charge is -2.45. The molecule has 1 heterocycles. The van der Waals surface area contributed by atoms with E-state index in [2.05, 4.69) is 6.92 Å². The lowest BCUT2D eigenvalue weighted by Crippen LogP contribution is -2.62. The van der Waals surface area contributed by atoms with Gasteiger partial charge < -0.3 is 38.3 Å². The smallest absolute Gasteiger partial charge is 0.303 e. The van der Waals surface area contributed by atoms with E-state index >= 15 is 0 Å². The van der Waals surface area contributed by atoms with Crippen LogP contribution >= 0.6 is 0 Å². The fraction of sp³-hybridized carbons (Fsp3) is 0.604. The summed E-state index contributed by atoms with van der Waals surface area (Å²) >= 11 is 0. The Morgan fingerprint density at radius 3 is 1.56 bits per heavy atom. The Morgan fingerprint density at radius 2 is 1.05 bits per heavy atom. The molecule has 0 aromatic heterocycles. The van der Waals surface area contributed by atoms with E-state index in [-0.39, 0.29) is 33.0 Å². The quantitative estimate of drug-likeness (QED) is 0.0504. The van der Waals surface area contributed by atoms with Gasteiger partial charge in [0.25, 0.3) is 0 Å². The average Bonchev–Trinajstić information content (AvgIpc) is 3.23. The first kappa shape index (κ1) is 46.5. The number of hydrogen-bond acceptors (Lipinski definition) is 9. The summed E-state index contributed by atoms with van der Waals surface area (Å²) in [6.07, 6.45) is 13.1. The lowest BCUT2D eigenvalue weighted by molar-refractivity contribution is -0.323. The van der Waals surface area contributed by atoms with Crippen LogP contribution in [0.25, 0.3) is 0 Å². The Hall–Kier alpha value is -3.15. The molecule has 6 atom stereocenters. The van der Waals surface area contributed by atoms with E-state index < -0.39 is 42.8 Å². The number of hydrogen-bond donors (Lipinski definition) is 1. The molecule has 0 bridgehead atoms. The second kappa shape index (κ2) is 29.1. The molecule has 1 aliphatic rings. The third-order valence-corrected chi connectivity index (χ3v) is 10.3. The molecular weight excluding hydrogens is 721 g/mol. The van der Waals surface area contributed by atoms with Crippen LogP contribution in [0.5, 0.6) is 0 Å². The standard InChI is InChI=1S/C48H70O9/c1-3-4-5-6-7-8-9-10-11-12-13-14-15-25-32-51-36-43(50)37-55-48-47(56-39(2)49)46(54-35-42-30-23-18-24-31-42)45(53-34-41-28-21-17-22-29-41)44(57-48)38-52-33-40-26-19-16-20-27-40/h16-24,26-31,43-48,50H,3-15,25,32-38H2,1-2H3/t43?,44-,45-,46+,47-,48-/m1/s1. The van der Waals surface area contributed by atoms with Gasteiger partial charge in [0.1, 0.15) is 24.4 Å². The SMILES string of the molecule is CCCCCCCCCCCCCCCCOCC(O)CO[C@@H]1O[C@H](COCc2ccccc2)[C@@H](OCc2ccccc2)[C@H](OCc2ccccc2)[C@H]1OC(C)=O. The minimum Gasteiger partial charge on any atom is -0.454 e. The Kier molecular flexibility index (Phi) is 23.8. The van der Waals surface area contributed by atoms with Gasteiger partial charge in [-0.05, 0) is 23.1 Å². The van der Waals surface area contributed by atoms with Gasteiger partial charge in [-0.2, -0.15) is 0 Å². The van der Waals surface area contributed by atoms with Crippen LogP contribution in [0.15, 0.2) is 91.0 Å². The summed E-state index contributed by atoms with van der Waals surface area (Å²) in [5.41, 5.74) is 2.95. The van der Waals surface area contributed by atoms with Crippen molar-refractivity contribution in [3.8, 4) is 0 Å². The van der Waals surface area contributed by atoms with E-state index in [0.717, 1.165) is 29.5 Å². The molecule has 0 saturated carbocycles. The molecular formula is C48H70O9. The summed E-state index contributed by atoms with van der Waals surface area (Å²) in [5.74, 6) is -0.511. The number of unbranched alkanes of at least 4 members (excludes halogenated alkanes) is 13. The minimum atomic E-state index is -1.06. The van der Waals surface area contributed by atoms with Crippen LogP contribution in [-0.4, -0.2) is 74.3 Å². The number of esters is 1. The van der Waals surface area contributed by atoms with Crippen LogP contribution in [0.2, 0.25) is 0 Å². The van der Waals surface area contributed by atoms with Crippen LogP contribution in [0.4, 0.5) is 0 Å². The average molecular weight is 791 g/mol. The molecule has 0 amide bonds. The summed E-state index contributed by atoms with van der Waals surface area (Å²) < 4.78 is 43.8. The second-order valence-electron chi connectivity index (χ2n) is 15.3. The molecule has 0 aliphatic carbocycles. The maximum absolute atomic E-state index is 12.6. The third-order valence-electron chi connectivity index (χ3n) is 10.3. The topological polar surface area (TPSA) is 102 Å². The number of carbonyl (C=O) groups is 1. The fourth-order valence-corrected chi connectivity index (χ4v) is 7.13. The van der Waals surface area contributed by atoms with E-state index in [1.807, 2.05) is 91.0 Å². The molecule has 0 spiro atoms. The Balaban J connectivity index is 1.29. The van der Waals surface area contributed by atoms with Gasteiger partial charge in [-0.25, -0.2) is 0 Å². The van der Waals surface area contributed by atoms with Crippen LogP contribution in [-0.2, 0) is 57.8 Å². The van der Waals surface area contributed by atoms with Gasteiger partial charge in [0.05, 0.1) is 39.6 Å². The maximum Gasteiger partial charge on any atom is 0.303 e. The zero-order valence-electron chi connectivity index (χ0n) is 34.7. The predicted octanol–water partition coefficient (Wildman–Crippen LogP) is 9.91. The molecule has 3 aromatic rings. The molecule has 4 rings (SSSR count). The summed E-state index contributed by atoms with van der Waals surface area (Å²) in [5, 5.41) is 10.9. The van der Waals surface area contributed by atoms with Crippen molar-refractivity contribution in [2.75, 3.05) is 26.4 Å². The number of ether oxygens (including phenoxy) is 7. The number of carbonyl (C=O) groups excluding carboxylic acids is 1.